The molecular weight excluding hydrogens is 272 g/mol. The first-order chi connectivity index (χ1) is 10.8. The van der Waals surface area contributed by atoms with Gasteiger partial charge in [0.25, 0.3) is 0 Å². The number of hydrogen-bond acceptors (Lipinski definition) is 3. The van der Waals surface area contributed by atoms with Gasteiger partial charge in [0.1, 0.15) is 5.78 Å². The summed E-state index contributed by atoms with van der Waals surface area (Å²) >= 11 is 0. The van der Waals surface area contributed by atoms with Gasteiger partial charge >= 0.3 is 0 Å². The van der Waals surface area contributed by atoms with Gasteiger partial charge in [-0.2, -0.15) is 0 Å². The Bertz CT molecular complexity index is 474. The summed E-state index contributed by atoms with van der Waals surface area (Å²) in [5.41, 5.74) is 1.39. The molecular formula is C19H28N2O. The van der Waals surface area contributed by atoms with Crippen LogP contribution in [-0.2, 0) is 11.3 Å². The highest BCUT2D eigenvalue weighted by molar-refractivity contribution is 5.84. The lowest BCUT2D eigenvalue weighted by atomic mass is 10.1. The molecule has 22 heavy (non-hydrogen) atoms. The number of carbonyl (C=O) groups excluding carboxylic acids is 1. The van der Waals surface area contributed by atoms with Crippen LogP contribution < -0.4 is 0 Å². The third-order valence-corrected chi connectivity index (χ3v) is 5.09. The van der Waals surface area contributed by atoms with E-state index < -0.39 is 0 Å². The number of rotatable bonds is 3. The molecule has 0 amide bonds. The number of carbonyl (C=O) groups is 1. The third-order valence-electron chi connectivity index (χ3n) is 5.09. The van der Waals surface area contributed by atoms with Crippen LogP contribution in [0.1, 0.15) is 44.1 Å². The maximum Gasteiger partial charge on any atom is 0.149 e. The number of ketones is 1. The molecule has 3 nitrogen and oxygen atoms in total. The lowest BCUT2D eigenvalue weighted by Gasteiger charge is -2.28. The molecule has 2 aliphatic rings. The monoisotopic (exact) mass is 300 g/mol. The summed E-state index contributed by atoms with van der Waals surface area (Å²) in [7, 11) is 0. The van der Waals surface area contributed by atoms with Crippen molar-refractivity contribution in [2.24, 2.45) is 0 Å². The molecule has 1 unspecified atom stereocenters. The average molecular weight is 300 g/mol. The highest BCUT2D eigenvalue weighted by atomic mass is 16.1. The third kappa shape index (κ3) is 4.17. The Morgan fingerprint density at radius 2 is 1.77 bits per heavy atom. The largest absolute Gasteiger partial charge is 0.298 e. The molecule has 0 bridgehead atoms. The molecule has 1 aromatic carbocycles. The Morgan fingerprint density at radius 1 is 0.909 bits per heavy atom. The van der Waals surface area contributed by atoms with E-state index in [1.54, 1.807) is 0 Å². The van der Waals surface area contributed by atoms with Gasteiger partial charge in [0.15, 0.2) is 0 Å². The van der Waals surface area contributed by atoms with Crippen LogP contribution >= 0.6 is 0 Å². The van der Waals surface area contributed by atoms with Crippen LogP contribution in [0.3, 0.4) is 0 Å². The molecule has 3 heteroatoms. The highest BCUT2D eigenvalue weighted by Gasteiger charge is 2.28. The van der Waals surface area contributed by atoms with E-state index in [4.69, 9.17) is 0 Å². The van der Waals surface area contributed by atoms with Crippen molar-refractivity contribution in [1.82, 2.24) is 9.80 Å². The van der Waals surface area contributed by atoms with Gasteiger partial charge in [0.05, 0.1) is 6.04 Å². The van der Waals surface area contributed by atoms with Crippen LogP contribution in [0.2, 0.25) is 0 Å². The summed E-state index contributed by atoms with van der Waals surface area (Å²) in [6.07, 6.45) is 6.61. The van der Waals surface area contributed by atoms with Gasteiger partial charge in [0.2, 0.25) is 0 Å². The fraction of sp³-hybridized carbons (Fsp3) is 0.632. The van der Waals surface area contributed by atoms with Crippen molar-refractivity contribution in [3.05, 3.63) is 35.9 Å². The normalized spacial score (nSPS) is 25.6. The van der Waals surface area contributed by atoms with Gasteiger partial charge in [0, 0.05) is 32.6 Å². The molecule has 2 fully saturated rings. The van der Waals surface area contributed by atoms with Gasteiger partial charge in [-0.05, 0) is 31.4 Å². The molecule has 120 valence electrons. The molecule has 0 aromatic heterocycles. The SMILES string of the molecule is O=C1CCCCCC1N1CCCN(Cc2ccccc2)CC1. The van der Waals surface area contributed by atoms with Gasteiger partial charge in [-0.15, -0.1) is 0 Å². The molecule has 0 spiro atoms. The highest BCUT2D eigenvalue weighted by Crippen LogP contribution is 2.21. The minimum absolute atomic E-state index is 0.208. The van der Waals surface area contributed by atoms with E-state index in [-0.39, 0.29) is 6.04 Å². The average Bonchev–Trinajstić information content (AvgIpc) is 2.89. The van der Waals surface area contributed by atoms with Crippen molar-refractivity contribution in [2.75, 3.05) is 26.2 Å². The molecule has 0 radical (unpaired) electrons. The summed E-state index contributed by atoms with van der Waals surface area (Å²) < 4.78 is 0. The van der Waals surface area contributed by atoms with Gasteiger partial charge < -0.3 is 0 Å². The Morgan fingerprint density at radius 3 is 2.64 bits per heavy atom. The summed E-state index contributed by atoms with van der Waals surface area (Å²) in [6, 6.07) is 10.9. The molecule has 3 rings (SSSR count). The second-order valence-corrected chi connectivity index (χ2v) is 6.73. The second kappa shape index (κ2) is 7.89. The lowest BCUT2D eigenvalue weighted by molar-refractivity contribution is -0.124. The summed E-state index contributed by atoms with van der Waals surface area (Å²) in [6.45, 7) is 5.39. The van der Waals surface area contributed by atoms with Crippen molar-refractivity contribution in [3.8, 4) is 0 Å². The number of hydrogen-bond donors (Lipinski definition) is 0. The minimum atomic E-state index is 0.208. The summed E-state index contributed by atoms with van der Waals surface area (Å²) in [5.74, 6) is 0.494. The van der Waals surface area contributed by atoms with E-state index in [0.29, 0.717) is 5.78 Å². The topological polar surface area (TPSA) is 23.6 Å². The fourth-order valence-electron chi connectivity index (χ4n) is 3.83. The zero-order valence-corrected chi connectivity index (χ0v) is 13.5. The first-order valence-electron chi connectivity index (χ1n) is 8.86. The second-order valence-electron chi connectivity index (χ2n) is 6.73. The zero-order valence-electron chi connectivity index (χ0n) is 13.5. The first-order valence-corrected chi connectivity index (χ1v) is 8.86. The van der Waals surface area contributed by atoms with E-state index in [0.717, 1.165) is 52.0 Å². The van der Waals surface area contributed by atoms with Crippen molar-refractivity contribution >= 4 is 5.78 Å². The van der Waals surface area contributed by atoms with Crippen LogP contribution in [0.25, 0.3) is 0 Å². The Labute approximate surface area is 134 Å². The standard InChI is InChI=1S/C19H28N2O/c22-19-11-6-2-5-10-18(19)21-13-7-12-20(14-15-21)16-17-8-3-1-4-9-17/h1,3-4,8-9,18H,2,5-7,10-16H2. The molecule has 1 atom stereocenters. The predicted molar refractivity (Wildman–Crippen MR) is 89.8 cm³/mol. The Balaban J connectivity index is 1.56. The Kier molecular flexibility index (Phi) is 5.63. The van der Waals surface area contributed by atoms with Crippen LogP contribution in [0.4, 0.5) is 0 Å². The van der Waals surface area contributed by atoms with Crippen molar-refractivity contribution in [3.63, 3.8) is 0 Å². The van der Waals surface area contributed by atoms with E-state index >= 15 is 0 Å². The van der Waals surface area contributed by atoms with E-state index in [1.807, 2.05) is 0 Å². The van der Waals surface area contributed by atoms with Gasteiger partial charge in [-0.3, -0.25) is 14.6 Å². The quantitative estimate of drug-likeness (QED) is 0.802. The van der Waals surface area contributed by atoms with Gasteiger partial charge in [-0.1, -0.05) is 43.2 Å². The number of Topliss-reactive ketones (excluding diaryl/α,β-unsaturated/α-hetero) is 1. The molecule has 1 heterocycles. The predicted octanol–water partition coefficient (Wildman–Crippen LogP) is 3.10. The van der Waals surface area contributed by atoms with Crippen molar-refractivity contribution in [2.45, 2.75) is 51.1 Å². The zero-order chi connectivity index (χ0) is 15.2. The first kappa shape index (κ1) is 15.7. The maximum atomic E-state index is 12.3. The minimum Gasteiger partial charge on any atom is -0.298 e. The fourth-order valence-corrected chi connectivity index (χ4v) is 3.83. The summed E-state index contributed by atoms with van der Waals surface area (Å²) in [4.78, 5) is 17.4. The maximum absolute atomic E-state index is 12.3. The van der Waals surface area contributed by atoms with Crippen LogP contribution in [-0.4, -0.2) is 47.8 Å². The van der Waals surface area contributed by atoms with E-state index in [1.165, 1.54) is 24.8 Å². The molecule has 1 saturated carbocycles. The number of benzene rings is 1. The lowest BCUT2D eigenvalue weighted by Crippen LogP contribution is -2.42. The van der Waals surface area contributed by atoms with Gasteiger partial charge in [-0.25, -0.2) is 0 Å². The van der Waals surface area contributed by atoms with Crippen LogP contribution in [0.15, 0.2) is 30.3 Å². The van der Waals surface area contributed by atoms with Crippen LogP contribution in [0.5, 0.6) is 0 Å². The molecule has 1 saturated heterocycles. The molecule has 1 aliphatic heterocycles. The smallest absolute Gasteiger partial charge is 0.149 e. The van der Waals surface area contributed by atoms with Crippen molar-refractivity contribution in [1.29, 1.82) is 0 Å². The molecule has 0 N–H and O–H groups in total. The van der Waals surface area contributed by atoms with E-state index in [2.05, 4.69) is 40.1 Å². The molecule has 1 aliphatic carbocycles. The van der Waals surface area contributed by atoms with Crippen molar-refractivity contribution < 1.29 is 4.79 Å². The number of nitrogens with zero attached hydrogens (tertiary/aromatic N) is 2. The summed E-state index contributed by atoms with van der Waals surface area (Å²) in [5, 5.41) is 0. The van der Waals surface area contributed by atoms with Crippen LogP contribution in [0, 0.1) is 0 Å². The Hall–Kier alpha value is -1.19. The molecule has 1 aromatic rings. The van der Waals surface area contributed by atoms with E-state index in [9.17, 15) is 4.79 Å².